The number of fused-ring (bicyclic) bond motifs is 1. The van der Waals surface area contributed by atoms with Crippen LogP contribution in [0.15, 0.2) is 41.4 Å². The van der Waals surface area contributed by atoms with Gasteiger partial charge in [-0.25, -0.2) is 0 Å². The van der Waals surface area contributed by atoms with Crippen LogP contribution in [0.4, 0.5) is 0 Å². The van der Waals surface area contributed by atoms with Gasteiger partial charge in [0, 0.05) is 30.8 Å². The molecular formula is C24H31N5O4. The molecule has 0 saturated heterocycles. The van der Waals surface area contributed by atoms with Gasteiger partial charge in [-0.1, -0.05) is 0 Å². The van der Waals surface area contributed by atoms with Crippen molar-refractivity contribution in [1.29, 1.82) is 5.41 Å². The zero-order valence-electron chi connectivity index (χ0n) is 19.6. The van der Waals surface area contributed by atoms with Crippen LogP contribution in [0.25, 0.3) is 0 Å². The zero-order chi connectivity index (χ0) is 24.8. The lowest BCUT2D eigenvalue weighted by atomic mass is 9.92. The fraction of sp³-hybridized carbons (Fsp3) is 0.333. The summed E-state index contributed by atoms with van der Waals surface area (Å²) in [6, 6.07) is 10.0. The van der Waals surface area contributed by atoms with Crippen LogP contribution >= 0.6 is 0 Å². The number of benzene rings is 2. The number of hydrogen-bond acceptors (Lipinski definition) is 6. The molecule has 0 saturated carbocycles. The predicted molar refractivity (Wildman–Crippen MR) is 129 cm³/mol. The molecule has 0 aliphatic carbocycles. The molecule has 9 nitrogen and oxygen atoms in total. The number of amidine groups is 1. The van der Waals surface area contributed by atoms with Gasteiger partial charge in [0.05, 0.1) is 6.21 Å². The van der Waals surface area contributed by atoms with Crippen molar-refractivity contribution in [2.75, 3.05) is 21.1 Å². The summed E-state index contributed by atoms with van der Waals surface area (Å²) in [5, 5.41) is 7.12. The Kier molecular flexibility index (Phi) is 8.31. The third kappa shape index (κ3) is 6.39. The van der Waals surface area contributed by atoms with Gasteiger partial charge in [0.1, 0.15) is 28.7 Å². The fourth-order valence-electron chi connectivity index (χ4n) is 3.21. The van der Waals surface area contributed by atoms with Crippen molar-refractivity contribution < 1.29 is 19.1 Å². The van der Waals surface area contributed by atoms with Crippen molar-refractivity contribution >= 4 is 23.9 Å². The Morgan fingerprint density at radius 1 is 1.15 bits per heavy atom. The van der Waals surface area contributed by atoms with E-state index in [2.05, 4.69) is 10.7 Å². The molecule has 0 aromatic heterocycles. The number of carbonyl (C=O) groups is 2. The largest absolute Gasteiger partial charge is 0.487 e. The molecule has 0 unspecified atom stereocenters. The summed E-state index contributed by atoms with van der Waals surface area (Å²) in [6.45, 7) is 3.97. The molecule has 0 bridgehead atoms. The average Bonchev–Trinajstić information content (AvgIpc) is 2.79. The van der Waals surface area contributed by atoms with Crippen LogP contribution in [0, 0.1) is 5.41 Å². The first kappa shape index (κ1) is 25.5. The number of nitrogens with zero attached hydrogens (tertiary/aromatic N) is 2. The van der Waals surface area contributed by atoms with Crippen molar-refractivity contribution in [3.05, 3.63) is 53.1 Å². The minimum atomic E-state index is -0.590. The highest BCUT2D eigenvalue weighted by Gasteiger charge is 2.30. The van der Waals surface area contributed by atoms with E-state index in [4.69, 9.17) is 20.6 Å². The van der Waals surface area contributed by atoms with Crippen LogP contribution in [0.1, 0.15) is 46.5 Å². The number of hydrogen-bond donors (Lipinski definition) is 3. The average molecular weight is 454 g/mol. The lowest BCUT2D eigenvalue weighted by Gasteiger charge is -2.33. The number of nitrogens with two attached hydrogens (primary N) is 2. The Hall–Kier alpha value is -3.72. The number of rotatable bonds is 5. The second kappa shape index (κ2) is 10.7. The van der Waals surface area contributed by atoms with Crippen molar-refractivity contribution in [3.63, 3.8) is 0 Å². The van der Waals surface area contributed by atoms with Crippen LogP contribution in [0.2, 0.25) is 0 Å². The fourth-order valence-corrected chi connectivity index (χ4v) is 3.21. The quantitative estimate of drug-likeness (QED) is 0.469. The molecule has 2 aromatic carbocycles. The van der Waals surface area contributed by atoms with Gasteiger partial charge in [-0.15, -0.1) is 0 Å². The summed E-state index contributed by atoms with van der Waals surface area (Å²) in [4.78, 5) is 29.8. The van der Waals surface area contributed by atoms with Gasteiger partial charge in [-0.3, -0.25) is 9.59 Å². The highest BCUT2D eigenvalue weighted by atomic mass is 16.5. The van der Waals surface area contributed by atoms with Gasteiger partial charge in [0.15, 0.2) is 0 Å². The van der Waals surface area contributed by atoms with E-state index in [1.165, 1.54) is 11.9 Å². The van der Waals surface area contributed by atoms with Gasteiger partial charge in [-0.05, 0) is 70.1 Å². The highest BCUT2D eigenvalue weighted by molar-refractivity contribution is 6.30. The van der Waals surface area contributed by atoms with Crippen LogP contribution < -0.4 is 20.9 Å². The molecule has 1 aliphatic heterocycles. The molecule has 9 heteroatoms. The lowest BCUT2D eigenvalue weighted by molar-refractivity contribution is 0.0826. The zero-order valence-corrected chi connectivity index (χ0v) is 19.6. The first-order chi connectivity index (χ1) is 15.6. The van der Waals surface area contributed by atoms with Gasteiger partial charge in [0.25, 0.3) is 11.8 Å². The van der Waals surface area contributed by atoms with E-state index in [-0.39, 0.29) is 22.9 Å². The smallest absolute Gasteiger partial charge is 0.279 e. The van der Waals surface area contributed by atoms with E-state index >= 15 is 0 Å². The Morgan fingerprint density at radius 2 is 1.79 bits per heavy atom. The molecule has 176 valence electrons. The lowest BCUT2D eigenvalue weighted by Crippen LogP contribution is -2.32. The van der Waals surface area contributed by atoms with Crippen LogP contribution in [-0.2, 0) is 6.42 Å². The highest BCUT2D eigenvalue weighted by Crippen LogP contribution is 2.41. The third-order valence-corrected chi connectivity index (χ3v) is 4.89. The molecule has 1 heterocycles. The number of ether oxygens (including phenoxy) is 2. The molecule has 0 radical (unpaired) electrons. The minimum absolute atomic E-state index is 0.103. The number of nitrogens with one attached hydrogen (secondary N) is 1. The number of amides is 2. The van der Waals surface area contributed by atoms with Gasteiger partial charge < -0.3 is 31.3 Å². The minimum Gasteiger partial charge on any atom is -0.487 e. The second-order valence-electron chi connectivity index (χ2n) is 8.13. The van der Waals surface area contributed by atoms with Crippen molar-refractivity contribution in [3.8, 4) is 17.2 Å². The van der Waals surface area contributed by atoms with E-state index in [0.29, 0.717) is 22.8 Å². The molecule has 0 atom stereocenters. The van der Waals surface area contributed by atoms with E-state index in [9.17, 15) is 9.59 Å². The standard InChI is InChI=1S/C23H26N4O4.CH5N/c1-23(2)10-9-17-18(30-16-7-5-14(6-8-16)22(29)27(3)4)11-15(12-19(17)31-23)21(28)26-20(25)13-24;1-2/h5-8,11-13,24H,9-10H2,1-4H3,(H2,25,26,28);2H2,1H3. The SMILES string of the molecule is CN.CN(C)C(=O)c1ccc(Oc2cc(C(=O)N=C(N)C=N)cc3c2CCC(C)(C)O3)cc1. The van der Waals surface area contributed by atoms with Crippen LogP contribution in [0.5, 0.6) is 17.2 Å². The Labute approximate surface area is 193 Å². The van der Waals surface area contributed by atoms with E-state index in [0.717, 1.165) is 24.6 Å². The Bertz CT molecular complexity index is 1060. The summed E-state index contributed by atoms with van der Waals surface area (Å²) in [5.74, 6) is 0.676. The van der Waals surface area contributed by atoms with Gasteiger partial charge in [-0.2, -0.15) is 4.99 Å². The van der Waals surface area contributed by atoms with Crippen LogP contribution in [-0.4, -0.2) is 55.5 Å². The normalized spacial score (nSPS) is 14.1. The molecule has 0 spiro atoms. The van der Waals surface area contributed by atoms with Crippen molar-refractivity contribution in [2.45, 2.75) is 32.3 Å². The first-order valence-electron chi connectivity index (χ1n) is 10.4. The molecule has 3 rings (SSSR count). The van der Waals surface area contributed by atoms with E-state index < -0.39 is 5.91 Å². The summed E-state index contributed by atoms with van der Waals surface area (Å²) in [7, 11) is 4.88. The second-order valence-corrected chi connectivity index (χ2v) is 8.13. The Balaban J connectivity index is 0.00000187. The summed E-state index contributed by atoms with van der Waals surface area (Å²) in [6.07, 6.45) is 2.32. The maximum Gasteiger partial charge on any atom is 0.279 e. The van der Waals surface area contributed by atoms with E-state index in [1.807, 2.05) is 13.8 Å². The molecule has 5 N–H and O–H groups in total. The number of aliphatic imine (C=N–C) groups is 1. The molecule has 0 fully saturated rings. The van der Waals surface area contributed by atoms with E-state index in [1.54, 1.807) is 50.5 Å². The van der Waals surface area contributed by atoms with Crippen LogP contribution in [0.3, 0.4) is 0 Å². The predicted octanol–water partition coefficient (Wildman–Crippen LogP) is 3.01. The maximum atomic E-state index is 12.5. The molecule has 2 aromatic rings. The molecule has 2 amide bonds. The third-order valence-electron chi connectivity index (χ3n) is 4.89. The summed E-state index contributed by atoms with van der Waals surface area (Å²) < 4.78 is 12.2. The Morgan fingerprint density at radius 3 is 2.36 bits per heavy atom. The topological polar surface area (TPSA) is 144 Å². The van der Waals surface area contributed by atoms with Gasteiger partial charge in [0.2, 0.25) is 0 Å². The maximum absolute atomic E-state index is 12.5. The summed E-state index contributed by atoms with van der Waals surface area (Å²) in [5.41, 5.74) is 11.3. The molecule has 1 aliphatic rings. The molecule has 33 heavy (non-hydrogen) atoms. The summed E-state index contributed by atoms with van der Waals surface area (Å²) >= 11 is 0. The number of carbonyl (C=O) groups excluding carboxylic acids is 2. The first-order valence-corrected chi connectivity index (χ1v) is 10.4. The van der Waals surface area contributed by atoms with Crippen molar-refractivity contribution in [2.24, 2.45) is 16.5 Å². The van der Waals surface area contributed by atoms with Gasteiger partial charge >= 0.3 is 0 Å². The molecular weight excluding hydrogens is 422 g/mol. The van der Waals surface area contributed by atoms with Crippen molar-refractivity contribution in [1.82, 2.24) is 4.90 Å². The monoisotopic (exact) mass is 453 g/mol.